The van der Waals surface area contributed by atoms with Gasteiger partial charge in [-0.1, -0.05) is 30.3 Å². The lowest BCUT2D eigenvalue weighted by molar-refractivity contribution is 0.0633. The van der Waals surface area contributed by atoms with Crippen molar-refractivity contribution in [3.8, 4) is 0 Å². The molecule has 1 fully saturated rings. The predicted molar refractivity (Wildman–Crippen MR) is 99.2 cm³/mol. The quantitative estimate of drug-likeness (QED) is 0.931. The molecule has 1 aromatic carbocycles. The van der Waals surface area contributed by atoms with E-state index in [2.05, 4.69) is 53.1 Å². The molecule has 2 heterocycles. The maximum atomic E-state index is 10.8. The number of hydrogen-bond donors (Lipinski definition) is 1. The molecular formula is C21H27N3O. The number of hydrogen-bond acceptors (Lipinski definition) is 4. The number of likely N-dealkylation sites (N-methyl/N-ethyl adjacent to an activating group) is 1. The van der Waals surface area contributed by atoms with Crippen LogP contribution in [0.5, 0.6) is 0 Å². The monoisotopic (exact) mass is 337 g/mol. The second kappa shape index (κ2) is 6.87. The second-order valence-electron chi connectivity index (χ2n) is 7.62. The number of aliphatic hydroxyl groups excluding tert-OH is 1. The van der Waals surface area contributed by atoms with Gasteiger partial charge in [0.15, 0.2) is 0 Å². The summed E-state index contributed by atoms with van der Waals surface area (Å²) in [4.78, 5) is 9.13. The number of pyridine rings is 1. The van der Waals surface area contributed by atoms with Gasteiger partial charge in [-0.2, -0.15) is 0 Å². The molecule has 2 aromatic rings. The van der Waals surface area contributed by atoms with Gasteiger partial charge in [-0.25, -0.2) is 0 Å². The third kappa shape index (κ3) is 3.10. The van der Waals surface area contributed by atoms with Gasteiger partial charge >= 0.3 is 0 Å². The van der Waals surface area contributed by atoms with E-state index in [-0.39, 0.29) is 12.1 Å². The molecular weight excluding hydrogens is 310 g/mol. The van der Waals surface area contributed by atoms with Crippen molar-refractivity contribution in [2.75, 3.05) is 27.2 Å². The second-order valence-corrected chi connectivity index (χ2v) is 7.62. The van der Waals surface area contributed by atoms with E-state index in [1.807, 2.05) is 24.5 Å². The first-order valence-electron chi connectivity index (χ1n) is 9.21. The average Bonchev–Trinajstić information content (AvgIpc) is 3.16. The summed E-state index contributed by atoms with van der Waals surface area (Å²) in [5.41, 5.74) is 3.70. The maximum Gasteiger partial charge on any atom is 0.0950 e. The molecule has 1 aliphatic heterocycles. The predicted octanol–water partition coefficient (Wildman–Crippen LogP) is 2.66. The average molecular weight is 337 g/mol. The van der Waals surface area contributed by atoms with Crippen molar-refractivity contribution in [2.24, 2.45) is 5.92 Å². The summed E-state index contributed by atoms with van der Waals surface area (Å²) < 4.78 is 0. The van der Waals surface area contributed by atoms with Crippen LogP contribution in [0, 0.1) is 5.92 Å². The van der Waals surface area contributed by atoms with E-state index in [9.17, 15) is 5.11 Å². The topological polar surface area (TPSA) is 39.6 Å². The minimum absolute atomic E-state index is 0.179. The van der Waals surface area contributed by atoms with Crippen molar-refractivity contribution in [2.45, 2.75) is 31.0 Å². The third-order valence-electron chi connectivity index (χ3n) is 6.06. The van der Waals surface area contributed by atoms with E-state index in [4.69, 9.17) is 0 Å². The lowest BCUT2D eigenvalue weighted by Crippen LogP contribution is -2.39. The number of benzene rings is 1. The Labute approximate surface area is 150 Å². The zero-order valence-electron chi connectivity index (χ0n) is 15.0. The van der Waals surface area contributed by atoms with Gasteiger partial charge in [-0.05, 0) is 62.2 Å². The Hall–Kier alpha value is -1.75. The number of nitrogens with zero attached hydrogens (tertiary/aromatic N) is 3. The number of fused-ring (bicyclic) bond motifs is 1. The standard InChI is InChI=1S/C21H27N3O/c1-23-11-9-17(20(23)16-7-5-10-22-13-16)14-24(2)19-12-15-6-3-4-8-18(15)21(19)25/h3-8,10,13,17,19-21,25H,9,11-12,14H2,1-2H3/t17-,19-,20-,21+/m0/s1. The lowest BCUT2D eigenvalue weighted by atomic mass is 9.93. The van der Waals surface area contributed by atoms with Crippen LogP contribution in [0.25, 0.3) is 0 Å². The van der Waals surface area contributed by atoms with Gasteiger partial charge in [0.2, 0.25) is 0 Å². The Kier molecular flexibility index (Phi) is 4.59. The molecule has 0 amide bonds. The molecule has 1 N–H and O–H groups in total. The van der Waals surface area contributed by atoms with Gasteiger partial charge in [0.25, 0.3) is 0 Å². The van der Waals surface area contributed by atoms with Gasteiger partial charge in [-0.3, -0.25) is 14.8 Å². The first-order chi connectivity index (χ1) is 12.1. The fraction of sp³-hybridized carbons (Fsp3) is 0.476. The molecule has 0 bridgehead atoms. The van der Waals surface area contributed by atoms with E-state index < -0.39 is 0 Å². The summed E-state index contributed by atoms with van der Waals surface area (Å²) in [5.74, 6) is 0.565. The molecule has 0 spiro atoms. The maximum absolute atomic E-state index is 10.8. The number of rotatable bonds is 4. The largest absolute Gasteiger partial charge is 0.387 e. The molecule has 1 saturated heterocycles. The van der Waals surface area contributed by atoms with Crippen LogP contribution < -0.4 is 0 Å². The minimum atomic E-state index is -0.378. The molecule has 4 rings (SSSR count). The van der Waals surface area contributed by atoms with Crippen LogP contribution in [0.3, 0.4) is 0 Å². The summed E-state index contributed by atoms with van der Waals surface area (Å²) in [7, 11) is 4.37. The van der Waals surface area contributed by atoms with Gasteiger partial charge in [-0.15, -0.1) is 0 Å². The van der Waals surface area contributed by atoms with Crippen LogP contribution in [0.1, 0.15) is 35.3 Å². The fourth-order valence-corrected chi connectivity index (χ4v) is 4.75. The normalized spacial score (nSPS) is 29.3. The van der Waals surface area contributed by atoms with Crippen LogP contribution in [0.2, 0.25) is 0 Å². The number of aromatic nitrogens is 1. The van der Waals surface area contributed by atoms with Crippen LogP contribution >= 0.6 is 0 Å². The fourth-order valence-electron chi connectivity index (χ4n) is 4.75. The van der Waals surface area contributed by atoms with Crippen LogP contribution in [-0.4, -0.2) is 53.1 Å². The van der Waals surface area contributed by atoms with Gasteiger partial charge in [0.05, 0.1) is 6.10 Å². The summed E-state index contributed by atoms with van der Waals surface area (Å²) in [6.07, 6.45) is 5.59. The third-order valence-corrected chi connectivity index (χ3v) is 6.06. The Morgan fingerprint density at radius 1 is 1.24 bits per heavy atom. The van der Waals surface area contributed by atoms with Crippen molar-refractivity contribution in [3.05, 3.63) is 65.5 Å². The zero-order valence-corrected chi connectivity index (χ0v) is 15.0. The van der Waals surface area contributed by atoms with Gasteiger partial charge < -0.3 is 5.11 Å². The smallest absolute Gasteiger partial charge is 0.0950 e. The molecule has 1 aliphatic carbocycles. The molecule has 132 valence electrons. The molecule has 4 atom stereocenters. The Balaban J connectivity index is 1.48. The Morgan fingerprint density at radius 3 is 2.84 bits per heavy atom. The number of likely N-dealkylation sites (tertiary alicyclic amines) is 1. The van der Waals surface area contributed by atoms with Crippen molar-refractivity contribution < 1.29 is 5.11 Å². The van der Waals surface area contributed by atoms with E-state index in [0.29, 0.717) is 12.0 Å². The summed E-state index contributed by atoms with van der Waals surface area (Å²) in [6.45, 7) is 2.12. The Morgan fingerprint density at radius 2 is 2.08 bits per heavy atom. The number of aliphatic hydroxyl groups is 1. The summed E-state index contributed by atoms with van der Waals surface area (Å²) in [6, 6.07) is 13.1. The highest BCUT2D eigenvalue weighted by Gasteiger charge is 2.38. The molecule has 0 saturated carbocycles. The highest BCUT2D eigenvalue weighted by molar-refractivity contribution is 5.35. The summed E-state index contributed by atoms with van der Waals surface area (Å²) in [5, 5.41) is 10.8. The minimum Gasteiger partial charge on any atom is -0.387 e. The van der Waals surface area contributed by atoms with Crippen LogP contribution in [-0.2, 0) is 6.42 Å². The van der Waals surface area contributed by atoms with Gasteiger partial charge in [0.1, 0.15) is 0 Å². The van der Waals surface area contributed by atoms with E-state index in [1.165, 1.54) is 17.5 Å². The highest BCUT2D eigenvalue weighted by atomic mass is 16.3. The van der Waals surface area contributed by atoms with Crippen molar-refractivity contribution >= 4 is 0 Å². The van der Waals surface area contributed by atoms with E-state index in [1.54, 1.807) is 0 Å². The molecule has 1 aromatic heterocycles. The van der Waals surface area contributed by atoms with Crippen LogP contribution in [0.4, 0.5) is 0 Å². The first-order valence-corrected chi connectivity index (χ1v) is 9.21. The molecule has 4 nitrogen and oxygen atoms in total. The first kappa shape index (κ1) is 16.7. The molecule has 0 unspecified atom stereocenters. The van der Waals surface area contributed by atoms with Crippen LogP contribution in [0.15, 0.2) is 48.8 Å². The molecule has 0 radical (unpaired) electrons. The highest BCUT2D eigenvalue weighted by Crippen LogP contribution is 2.39. The van der Waals surface area contributed by atoms with E-state index in [0.717, 1.165) is 25.1 Å². The summed E-state index contributed by atoms with van der Waals surface area (Å²) >= 11 is 0. The van der Waals surface area contributed by atoms with Gasteiger partial charge in [0, 0.05) is 31.0 Å². The SMILES string of the molecule is CN(C[C@@H]1CCN(C)[C@H]1c1cccnc1)[C@H]1Cc2ccccc2[C@H]1O. The molecule has 4 heteroatoms. The lowest BCUT2D eigenvalue weighted by Gasteiger charge is -2.33. The molecule has 25 heavy (non-hydrogen) atoms. The Bertz CT molecular complexity index is 720. The van der Waals surface area contributed by atoms with Crippen molar-refractivity contribution in [3.63, 3.8) is 0 Å². The van der Waals surface area contributed by atoms with Crippen molar-refractivity contribution in [1.82, 2.24) is 14.8 Å². The molecule has 2 aliphatic rings. The van der Waals surface area contributed by atoms with E-state index >= 15 is 0 Å². The zero-order chi connectivity index (χ0) is 17.4. The van der Waals surface area contributed by atoms with Crippen molar-refractivity contribution in [1.29, 1.82) is 0 Å².